The smallest absolute Gasteiger partial charge is 0.332 e. The third-order valence-corrected chi connectivity index (χ3v) is 1.25. The number of carbonyl (C=O) groups is 1. The van der Waals surface area contributed by atoms with E-state index in [0.717, 1.165) is 0 Å². The molecule has 1 aromatic rings. The van der Waals surface area contributed by atoms with Crippen molar-refractivity contribution >= 4 is 5.97 Å². The van der Waals surface area contributed by atoms with Crippen molar-refractivity contribution in [3.8, 4) is 0 Å². The molecule has 0 fully saturated rings. The first kappa shape index (κ1) is 7.74. The highest BCUT2D eigenvalue weighted by Crippen LogP contribution is 1.97. The van der Waals surface area contributed by atoms with Gasteiger partial charge in [-0.1, -0.05) is 0 Å². The van der Waals surface area contributed by atoms with Crippen molar-refractivity contribution in [2.45, 2.75) is 12.5 Å². The quantitative estimate of drug-likeness (QED) is 0.545. The highest BCUT2D eigenvalue weighted by molar-refractivity contribution is 5.72. The number of carboxylic acids is 1. The summed E-state index contributed by atoms with van der Waals surface area (Å²) in [6.07, 6.45) is 1.63. The molecule has 0 amide bonds. The lowest BCUT2D eigenvalue weighted by atomic mass is 10.2. The van der Waals surface area contributed by atoms with Gasteiger partial charge in [-0.25, -0.2) is 9.78 Å². The van der Waals surface area contributed by atoms with Crippen LogP contribution in [0, 0.1) is 0 Å². The van der Waals surface area contributed by atoms with E-state index in [2.05, 4.69) is 9.97 Å². The molecule has 11 heavy (non-hydrogen) atoms. The SMILES string of the molecule is O=C(O)[C@H](O)Cc1cnc[nH]1. The molecule has 0 unspecified atom stereocenters. The number of H-pyrrole nitrogens is 1. The highest BCUT2D eigenvalue weighted by Gasteiger charge is 2.13. The van der Waals surface area contributed by atoms with Crippen LogP contribution in [0.4, 0.5) is 0 Å². The van der Waals surface area contributed by atoms with Crippen LogP contribution >= 0.6 is 0 Å². The average molecular weight is 156 g/mol. The summed E-state index contributed by atoms with van der Waals surface area (Å²) in [4.78, 5) is 16.5. The number of hydrogen-bond donors (Lipinski definition) is 3. The lowest BCUT2D eigenvalue weighted by Crippen LogP contribution is -2.22. The van der Waals surface area contributed by atoms with E-state index >= 15 is 0 Å². The van der Waals surface area contributed by atoms with Crippen molar-refractivity contribution in [3.63, 3.8) is 0 Å². The van der Waals surface area contributed by atoms with Crippen LogP contribution in [0.2, 0.25) is 0 Å². The summed E-state index contributed by atoms with van der Waals surface area (Å²) in [7, 11) is 0. The van der Waals surface area contributed by atoms with Crippen molar-refractivity contribution in [2.24, 2.45) is 0 Å². The van der Waals surface area contributed by atoms with Crippen LogP contribution in [-0.2, 0) is 11.2 Å². The van der Waals surface area contributed by atoms with Gasteiger partial charge in [0, 0.05) is 18.3 Å². The van der Waals surface area contributed by atoms with E-state index in [0.29, 0.717) is 5.69 Å². The zero-order chi connectivity index (χ0) is 8.27. The molecule has 0 aliphatic carbocycles. The van der Waals surface area contributed by atoms with Crippen molar-refractivity contribution in [1.29, 1.82) is 0 Å². The number of carboxylic acid groups (broad SMARTS) is 1. The van der Waals surface area contributed by atoms with E-state index in [4.69, 9.17) is 10.2 Å². The van der Waals surface area contributed by atoms with Crippen LogP contribution in [0.5, 0.6) is 0 Å². The summed E-state index contributed by atoms with van der Waals surface area (Å²) in [6.45, 7) is 0. The van der Waals surface area contributed by atoms with Gasteiger partial charge in [0.25, 0.3) is 0 Å². The first-order chi connectivity index (χ1) is 5.20. The Labute approximate surface area is 62.7 Å². The maximum atomic E-state index is 10.1. The predicted octanol–water partition coefficient (Wildman–Crippen LogP) is -0.602. The summed E-state index contributed by atoms with van der Waals surface area (Å²) in [5.74, 6) is -1.22. The number of nitrogens with one attached hydrogen (secondary N) is 1. The molecule has 0 saturated heterocycles. The predicted molar refractivity (Wildman–Crippen MR) is 35.9 cm³/mol. The van der Waals surface area contributed by atoms with E-state index in [-0.39, 0.29) is 6.42 Å². The lowest BCUT2D eigenvalue weighted by molar-refractivity contribution is -0.146. The molecule has 0 radical (unpaired) electrons. The van der Waals surface area contributed by atoms with Crippen molar-refractivity contribution in [3.05, 3.63) is 18.2 Å². The van der Waals surface area contributed by atoms with Gasteiger partial charge in [-0.15, -0.1) is 0 Å². The molecule has 0 saturated carbocycles. The molecule has 0 aromatic carbocycles. The molecule has 0 bridgehead atoms. The highest BCUT2D eigenvalue weighted by atomic mass is 16.4. The number of rotatable bonds is 3. The number of nitrogens with zero attached hydrogens (tertiary/aromatic N) is 1. The normalized spacial score (nSPS) is 12.8. The fraction of sp³-hybridized carbons (Fsp3) is 0.333. The largest absolute Gasteiger partial charge is 0.479 e. The molecule has 1 atom stereocenters. The monoisotopic (exact) mass is 156 g/mol. The van der Waals surface area contributed by atoms with E-state index in [9.17, 15) is 4.79 Å². The Morgan fingerprint density at radius 3 is 3.00 bits per heavy atom. The van der Waals surface area contributed by atoms with Gasteiger partial charge >= 0.3 is 5.97 Å². The van der Waals surface area contributed by atoms with E-state index in [1.165, 1.54) is 12.5 Å². The maximum absolute atomic E-state index is 10.1. The molecular formula is C6H8N2O3. The zero-order valence-corrected chi connectivity index (χ0v) is 5.69. The molecule has 0 spiro atoms. The second kappa shape index (κ2) is 3.16. The summed E-state index contributed by atoms with van der Waals surface area (Å²) in [5.41, 5.74) is 0.611. The van der Waals surface area contributed by atoms with Gasteiger partial charge in [-0.2, -0.15) is 0 Å². The molecular weight excluding hydrogens is 148 g/mol. The third-order valence-electron chi connectivity index (χ3n) is 1.25. The number of aromatic amines is 1. The number of hydrogen-bond acceptors (Lipinski definition) is 3. The first-order valence-corrected chi connectivity index (χ1v) is 3.08. The fourth-order valence-corrected chi connectivity index (χ4v) is 0.692. The van der Waals surface area contributed by atoms with Crippen molar-refractivity contribution in [2.75, 3.05) is 0 Å². The van der Waals surface area contributed by atoms with E-state index in [1.54, 1.807) is 0 Å². The molecule has 0 aliphatic heterocycles. The van der Waals surface area contributed by atoms with Gasteiger partial charge in [0.15, 0.2) is 6.10 Å². The third kappa shape index (κ3) is 2.05. The van der Waals surface area contributed by atoms with Crippen LogP contribution < -0.4 is 0 Å². The molecule has 5 nitrogen and oxygen atoms in total. The van der Waals surface area contributed by atoms with Crippen LogP contribution in [-0.4, -0.2) is 32.3 Å². The lowest BCUT2D eigenvalue weighted by Gasteiger charge is -2.00. The molecule has 1 aromatic heterocycles. The molecule has 5 heteroatoms. The van der Waals surface area contributed by atoms with Crippen LogP contribution in [0.25, 0.3) is 0 Å². The van der Waals surface area contributed by atoms with Gasteiger partial charge in [0.1, 0.15) is 0 Å². The Morgan fingerprint density at radius 2 is 2.55 bits per heavy atom. The Bertz CT molecular complexity index is 232. The number of aliphatic hydroxyl groups is 1. The topological polar surface area (TPSA) is 86.2 Å². The van der Waals surface area contributed by atoms with Gasteiger partial charge < -0.3 is 15.2 Å². The molecule has 0 aliphatic rings. The Hall–Kier alpha value is -1.36. The summed E-state index contributed by atoms with van der Waals surface area (Å²) in [5, 5.41) is 17.1. The fourth-order valence-electron chi connectivity index (χ4n) is 0.692. The zero-order valence-electron chi connectivity index (χ0n) is 5.69. The number of imidazole rings is 1. The molecule has 1 heterocycles. The number of aliphatic carboxylic acids is 1. The molecule has 3 N–H and O–H groups in total. The van der Waals surface area contributed by atoms with Crippen LogP contribution in [0.1, 0.15) is 5.69 Å². The summed E-state index contributed by atoms with van der Waals surface area (Å²) < 4.78 is 0. The average Bonchev–Trinajstić information content (AvgIpc) is 2.39. The van der Waals surface area contributed by atoms with E-state index in [1.807, 2.05) is 0 Å². The minimum Gasteiger partial charge on any atom is -0.479 e. The van der Waals surface area contributed by atoms with Crippen molar-refractivity contribution < 1.29 is 15.0 Å². The van der Waals surface area contributed by atoms with Gasteiger partial charge in [0.05, 0.1) is 6.33 Å². The second-order valence-corrected chi connectivity index (χ2v) is 2.14. The van der Waals surface area contributed by atoms with Gasteiger partial charge in [0.2, 0.25) is 0 Å². The van der Waals surface area contributed by atoms with Crippen LogP contribution in [0.3, 0.4) is 0 Å². The molecule has 1 rings (SSSR count). The summed E-state index contributed by atoms with van der Waals surface area (Å²) >= 11 is 0. The maximum Gasteiger partial charge on any atom is 0.332 e. The Kier molecular flexibility index (Phi) is 2.22. The summed E-state index contributed by atoms with van der Waals surface area (Å²) in [6, 6.07) is 0. The Morgan fingerprint density at radius 1 is 1.82 bits per heavy atom. The first-order valence-electron chi connectivity index (χ1n) is 3.08. The molecule has 60 valence electrons. The van der Waals surface area contributed by atoms with Gasteiger partial charge in [-0.05, 0) is 0 Å². The minimum absolute atomic E-state index is 0.0648. The van der Waals surface area contributed by atoms with Gasteiger partial charge in [-0.3, -0.25) is 0 Å². The minimum atomic E-state index is -1.35. The van der Waals surface area contributed by atoms with Crippen molar-refractivity contribution in [1.82, 2.24) is 9.97 Å². The number of aromatic nitrogens is 2. The Balaban J connectivity index is 2.50. The standard InChI is InChI=1S/C6H8N2O3/c9-5(6(10)11)1-4-2-7-3-8-4/h2-3,5,9H,1H2,(H,7,8)(H,10,11)/t5-/m1/s1. The van der Waals surface area contributed by atoms with E-state index < -0.39 is 12.1 Å². The second-order valence-electron chi connectivity index (χ2n) is 2.14. The number of aliphatic hydroxyl groups excluding tert-OH is 1. The van der Waals surface area contributed by atoms with Crippen LogP contribution in [0.15, 0.2) is 12.5 Å².